The monoisotopic (exact) mass is 852 g/mol. The van der Waals surface area contributed by atoms with E-state index in [-0.39, 0.29) is 46.5 Å². The van der Waals surface area contributed by atoms with E-state index in [0.717, 1.165) is 22.9 Å². The number of halogens is 4. The molecule has 0 spiro atoms. The molecule has 4 aromatic rings. The molecule has 0 bridgehead atoms. The number of rotatable bonds is 0. The summed E-state index contributed by atoms with van der Waals surface area (Å²) < 4.78 is 3.34. The van der Waals surface area contributed by atoms with Crippen LogP contribution in [0.3, 0.4) is 0 Å². The van der Waals surface area contributed by atoms with Crippen LogP contribution in [0.2, 0.25) is 10.0 Å². The van der Waals surface area contributed by atoms with E-state index in [4.69, 9.17) is 23.2 Å². The van der Waals surface area contributed by atoms with Crippen molar-refractivity contribution in [3.05, 3.63) is 153 Å². The maximum atomic E-state index is 5.51. The normalized spacial score (nSPS) is 12.3. The van der Waals surface area contributed by atoms with Crippen molar-refractivity contribution in [2.45, 2.75) is 118 Å². The molecule has 0 saturated heterocycles. The zero-order valence-corrected chi connectivity index (χ0v) is 38.9. The van der Waals surface area contributed by atoms with Crippen molar-refractivity contribution in [3.63, 3.8) is 0 Å². The van der Waals surface area contributed by atoms with Gasteiger partial charge in [-0.1, -0.05) is 116 Å². The third-order valence-electron chi connectivity index (χ3n) is 8.16. The Morgan fingerprint density at radius 3 is 1.40 bits per heavy atom. The second-order valence-electron chi connectivity index (χ2n) is 16.6. The average Bonchev–Trinajstić information content (AvgIpc) is 3.72. The molecule has 282 valence electrons. The van der Waals surface area contributed by atoms with E-state index < -0.39 is 0 Å². The van der Waals surface area contributed by atoms with Gasteiger partial charge in [-0.2, -0.15) is 108 Å². The number of hydrogen-bond donors (Lipinski definition) is 0. The van der Waals surface area contributed by atoms with E-state index in [1.807, 2.05) is 48.6 Å². The van der Waals surface area contributed by atoms with Crippen LogP contribution >= 0.6 is 48.0 Å². The Hall–Kier alpha value is -1.73. The van der Waals surface area contributed by atoms with Crippen molar-refractivity contribution in [1.29, 1.82) is 0 Å². The third kappa shape index (κ3) is 15.6. The van der Waals surface area contributed by atoms with E-state index in [9.17, 15) is 0 Å². The van der Waals surface area contributed by atoms with E-state index in [0.29, 0.717) is 0 Å². The molecule has 0 aromatic heterocycles. The average molecular weight is 856 g/mol. The number of hydrogen-bond acceptors (Lipinski definition) is 0. The van der Waals surface area contributed by atoms with Crippen molar-refractivity contribution in [3.8, 4) is 11.1 Å². The van der Waals surface area contributed by atoms with Gasteiger partial charge in [0.1, 0.15) is 0 Å². The van der Waals surface area contributed by atoms with Crippen molar-refractivity contribution >= 4 is 52.2 Å². The van der Waals surface area contributed by atoms with Crippen LogP contribution < -0.4 is 0 Å². The van der Waals surface area contributed by atoms with Crippen molar-refractivity contribution in [2.24, 2.45) is 0 Å². The van der Waals surface area contributed by atoms with Crippen molar-refractivity contribution in [2.75, 3.05) is 0 Å². The van der Waals surface area contributed by atoms with Gasteiger partial charge < -0.3 is 0 Å². The van der Waals surface area contributed by atoms with Crippen molar-refractivity contribution in [1.82, 2.24) is 0 Å². The summed E-state index contributed by atoms with van der Waals surface area (Å²) in [6, 6.07) is 31.4. The van der Waals surface area contributed by atoms with Gasteiger partial charge in [0.2, 0.25) is 0 Å². The summed E-state index contributed by atoms with van der Waals surface area (Å²) in [5, 5.41) is 1.48. The number of fused-ring (bicyclic) bond motifs is 3. The minimum absolute atomic E-state index is 0. The summed E-state index contributed by atoms with van der Waals surface area (Å²) in [6.07, 6.45) is 11.0. The predicted molar refractivity (Wildman–Crippen MR) is 232 cm³/mol. The summed E-state index contributed by atoms with van der Waals surface area (Å²) in [5.41, 5.74) is 11.9. The SMILES string of the molecule is CC(C)(C)c1[c-]c2c(cc1C(C)(C)C)-c1cc(C(C)(C)C)c(C(C)(C)C)cc1C2.Cl.Cl.Clc1c[c-]ccc1.Clc1c[c-]ccc1.[C-]1=CC=CC1.[CH2]=[Zr]. The Labute approximate surface area is 355 Å². The summed E-state index contributed by atoms with van der Waals surface area (Å²) >= 11 is 12.3. The topological polar surface area (TPSA) is 0 Å². The minimum atomic E-state index is 0. The first-order valence-electron chi connectivity index (χ1n) is 17.3. The molecule has 0 unspecified atom stereocenters. The molecule has 52 heavy (non-hydrogen) atoms. The Bertz CT molecular complexity index is 1580. The Kier molecular flexibility index (Phi) is 21.3. The first-order chi connectivity index (χ1) is 23.2. The number of allylic oxidation sites excluding steroid dienone is 4. The van der Waals surface area contributed by atoms with Crippen LogP contribution in [0.25, 0.3) is 11.1 Å². The van der Waals surface area contributed by atoms with Gasteiger partial charge in [-0.05, 0) is 39.4 Å². The van der Waals surface area contributed by atoms with Crippen LogP contribution in [0.15, 0.2) is 85.0 Å². The van der Waals surface area contributed by atoms with Gasteiger partial charge in [-0.15, -0.1) is 47.9 Å². The zero-order valence-electron chi connectivity index (χ0n) is 33.3. The molecule has 0 aliphatic heterocycles. The first-order valence-corrected chi connectivity index (χ1v) is 19.8. The molecule has 0 saturated carbocycles. The van der Waals surface area contributed by atoms with Gasteiger partial charge in [-0.3, -0.25) is 6.08 Å². The van der Waals surface area contributed by atoms with Crippen LogP contribution in [0, 0.1) is 24.3 Å². The second-order valence-corrected chi connectivity index (χ2v) is 17.5. The maximum absolute atomic E-state index is 5.51. The Morgan fingerprint density at radius 2 is 1.10 bits per heavy atom. The van der Waals surface area contributed by atoms with Gasteiger partial charge in [0, 0.05) is 0 Å². The molecule has 2 aliphatic rings. The summed E-state index contributed by atoms with van der Waals surface area (Å²) in [5.74, 6) is 0. The van der Waals surface area contributed by atoms with E-state index in [1.54, 1.807) is 12.1 Å². The van der Waals surface area contributed by atoms with Gasteiger partial charge in [0.25, 0.3) is 0 Å². The second kappa shape index (κ2) is 22.0. The fourth-order valence-corrected chi connectivity index (χ4v) is 5.98. The summed E-state index contributed by atoms with van der Waals surface area (Å²) in [4.78, 5) is 0. The van der Waals surface area contributed by atoms with Crippen LogP contribution in [0.5, 0.6) is 0 Å². The molecule has 5 heteroatoms. The standard InChI is InChI=1S/C29H41.2C6H4Cl.C5H5.CH2.2ClH.Zr/c1-26(2,3)22-14-18-13-19-15-23(27(4,5)6)25(29(10,11)12)17-21(19)20(18)16-24(22)28(7,8)9;2*7-6-4-2-1-3-5-6;1-2-4-5-3-1;;;;/h14,16-17H,13H2,1-12H3;2*1-2,4-5H;1-3H,4H2;1H2;2*1H;/q4*-1;;;;. The fourth-order valence-electron chi connectivity index (χ4n) is 5.71. The summed E-state index contributed by atoms with van der Waals surface area (Å²) in [6.45, 7) is 28.0. The summed E-state index contributed by atoms with van der Waals surface area (Å²) in [7, 11) is 0. The van der Waals surface area contributed by atoms with Crippen LogP contribution in [-0.2, 0) is 52.3 Å². The Balaban J connectivity index is 0.000000911. The van der Waals surface area contributed by atoms with E-state index >= 15 is 0 Å². The molecule has 4 aromatic carbocycles. The van der Waals surface area contributed by atoms with Gasteiger partial charge in [0.15, 0.2) is 0 Å². The van der Waals surface area contributed by atoms with Crippen LogP contribution in [0.4, 0.5) is 0 Å². The van der Waals surface area contributed by atoms with Crippen LogP contribution in [0.1, 0.15) is 123 Å². The molecule has 0 fully saturated rings. The third-order valence-corrected chi connectivity index (χ3v) is 8.63. The van der Waals surface area contributed by atoms with Gasteiger partial charge in [-0.25, -0.2) is 12.2 Å². The van der Waals surface area contributed by atoms with Gasteiger partial charge in [0.05, 0.1) is 0 Å². The Morgan fingerprint density at radius 1 is 0.635 bits per heavy atom. The molecule has 2 aliphatic carbocycles. The zero-order chi connectivity index (χ0) is 37.9. The molecule has 0 heterocycles. The molecule has 0 N–H and O–H groups in total. The quantitative estimate of drug-likeness (QED) is 0.136. The number of benzene rings is 4. The van der Waals surface area contributed by atoms with E-state index in [2.05, 4.69) is 136 Å². The molecule has 0 nitrogen and oxygen atoms in total. The first kappa shape index (κ1) is 50.3. The van der Waals surface area contributed by atoms with Gasteiger partial charge >= 0.3 is 28.4 Å². The van der Waals surface area contributed by atoms with Crippen molar-refractivity contribution < 1.29 is 24.2 Å². The molecule has 0 radical (unpaired) electrons. The molecule has 6 rings (SSSR count). The molecule has 0 amide bonds. The van der Waals surface area contributed by atoms with Crippen LogP contribution in [-0.4, -0.2) is 4.21 Å². The molecular formula is C47H58Cl4Zr-4. The fraction of sp³-hybridized carbons (Fsp3) is 0.383. The molecular weight excluding hydrogens is 798 g/mol. The molecule has 0 atom stereocenters. The predicted octanol–water partition coefficient (Wildman–Crippen LogP) is 14.6. The van der Waals surface area contributed by atoms with E-state index in [1.165, 1.54) is 68.7 Å².